The zero-order valence-electron chi connectivity index (χ0n) is 12.1. The third kappa shape index (κ3) is 2.63. The van der Waals surface area contributed by atoms with Crippen LogP contribution in [-0.2, 0) is 6.54 Å². The van der Waals surface area contributed by atoms with E-state index in [0.717, 1.165) is 6.54 Å². The van der Waals surface area contributed by atoms with Crippen molar-refractivity contribution < 1.29 is 4.57 Å². The predicted molar refractivity (Wildman–Crippen MR) is 75.0 cm³/mol. The van der Waals surface area contributed by atoms with Crippen LogP contribution in [0.4, 0.5) is 0 Å². The molecule has 0 aliphatic rings. The summed E-state index contributed by atoms with van der Waals surface area (Å²) in [5, 5.41) is 0. The van der Waals surface area contributed by atoms with E-state index in [9.17, 15) is 0 Å². The topological polar surface area (TPSA) is 8.81 Å². The maximum Gasteiger partial charge on any atom is 0.248 e. The molecule has 2 heteroatoms. The van der Waals surface area contributed by atoms with E-state index in [4.69, 9.17) is 0 Å². The molecule has 0 unspecified atom stereocenters. The van der Waals surface area contributed by atoms with Crippen LogP contribution in [0.3, 0.4) is 0 Å². The molecular formula is C16H23N2+. The predicted octanol–water partition coefficient (Wildman–Crippen LogP) is 3.35. The molecule has 18 heavy (non-hydrogen) atoms. The van der Waals surface area contributed by atoms with Crippen molar-refractivity contribution >= 4 is 0 Å². The van der Waals surface area contributed by atoms with Gasteiger partial charge < -0.3 is 0 Å². The zero-order valence-corrected chi connectivity index (χ0v) is 12.1. The fourth-order valence-electron chi connectivity index (χ4n) is 2.64. The molecule has 2 rings (SSSR count). The molecule has 0 spiro atoms. The van der Waals surface area contributed by atoms with Gasteiger partial charge in [0.25, 0.3) is 0 Å². The van der Waals surface area contributed by atoms with E-state index in [-0.39, 0.29) is 0 Å². The van der Waals surface area contributed by atoms with Gasteiger partial charge in [-0.3, -0.25) is 0 Å². The summed E-state index contributed by atoms with van der Waals surface area (Å²) in [5.74, 6) is 0.672. The van der Waals surface area contributed by atoms with Gasteiger partial charge in [0.15, 0.2) is 0 Å². The molecule has 0 amide bonds. The Hall–Kier alpha value is -1.57. The first kappa shape index (κ1) is 12.9. The van der Waals surface area contributed by atoms with E-state index in [0.29, 0.717) is 5.92 Å². The van der Waals surface area contributed by atoms with Crippen molar-refractivity contribution in [3.8, 4) is 5.69 Å². The van der Waals surface area contributed by atoms with Gasteiger partial charge in [0, 0.05) is 0 Å². The summed E-state index contributed by atoms with van der Waals surface area (Å²) in [6, 6.07) is 4.49. The molecule has 0 saturated heterocycles. The first-order valence-electron chi connectivity index (χ1n) is 6.62. The monoisotopic (exact) mass is 243 g/mol. The Kier molecular flexibility index (Phi) is 3.55. The molecule has 2 nitrogen and oxygen atoms in total. The van der Waals surface area contributed by atoms with Gasteiger partial charge in [-0.15, -0.1) is 0 Å². The third-order valence-corrected chi connectivity index (χ3v) is 3.16. The summed E-state index contributed by atoms with van der Waals surface area (Å²) in [6.45, 7) is 12.1. The molecule has 1 aromatic heterocycles. The molecule has 0 N–H and O–H groups in total. The van der Waals surface area contributed by atoms with Crippen molar-refractivity contribution in [2.24, 2.45) is 5.92 Å². The number of hydrogen-bond acceptors (Lipinski definition) is 0. The lowest BCUT2D eigenvalue weighted by Gasteiger charge is -2.07. The minimum absolute atomic E-state index is 0.672. The number of nitrogens with zero attached hydrogens (tertiary/aromatic N) is 2. The first-order valence-corrected chi connectivity index (χ1v) is 6.62. The second-order valence-corrected chi connectivity index (χ2v) is 5.66. The van der Waals surface area contributed by atoms with Crippen LogP contribution in [0.1, 0.15) is 30.5 Å². The molecule has 0 radical (unpaired) electrons. The van der Waals surface area contributed by atoms with E-state index in [1.807, 2.05) is 0 Å². The Bertz CT molecular complexity index is 527. The average molecular weight is 243 g/mol. The molecule has 1 heterocycles. The summed E-state index contributed by atoms with van der Waals surface area (Å²) < 4.78 is 4.48. The van der Waals surface area contributed by atoms with Crippen molar-refractivity contribution in [1.82, 2.24) is 4.57 Å². The van der Waals surface area contributed by atoms with Gasteiger partial charge in [-0.2, -0.15) is 0 Å². The van der Waals surface area contributed by atoms with Gasteiger partial charge in [0.1, 0.15) is 18.1 Å². The van der Waals surface area contributed by atoms with Crippen molar-refractivity contribution in [2.45, 2.75) is 41.2 Å². The maximum absolute atomic E-state index is 2.25. The highest BCUT2D eigenvalue weighted by atomic mass is 15.1. The number of hydrogen-bond donors (Lipinski definition) is 0. The van der Waals surface area contributed by atoms with Gasteiger partial charge in [-0.25, -0.2) is 9.13 Å². The Morgan fingerprint density at radius 2 is 1.72 bits per heavy atom. The van der Waals surface area contributed by atoms with Crippen LogP contribution in [0, 0.1) is 26.7 Å². The number of aromatic nitrogens is 2. The summed E-state index contributed by atoms with van der Waals surface area (Å²) in [7, 11) is 0. The van der Waals surface area contributed by atoms with Crippen molar-refractivity contribution in [3.63, 3.8) is 0 Å². The molecule has 0 bridgehead atoms. The molecule has 0 atom stereocenters. The fraction of sp³-hybridized carbons (Fsp3) is 0.438. The standard InChI is InChI=1S/C16H23N2/c1-12(2)10-17-6-7-18(11-17)16-14(4)8-13(3)9-15(16)5/h6-9,11-12H,10H2,1-5H3/q+1. The van der Waals surface area contributed by atoms with Crippen LogP contribution in [0.15, 0.2) is 30.9 Å². The second-order valence-electron chi connectivity index (χ2n) is 5.66. The van der Waals surface area contributed by atoms with Crippen molar-refractivity contribution in [1.29, 1.82) is 0 Å². The molecule has 0 fully saturated rings. The van der Waals surface area contributed by atoms with Crippen molar-refractivity contribution in [3.05, 3.63) is 47.5 Å². The van der Waals surface area contributed by atoms with E-state index in [1.165, 1.54) is 22.4 Å². The largest absolute Gasteiger partial charge is 0.248 e. The fourth-order valence-corrected chi connectivity index (χ4v) is 2.64. The highest BCUT2D eigenvalue weighted by Crippen LogP contribution is 2.20. The first-order chi connectivity index (χ1) is 8.47. The minimum atomic E-state index is 0.672. The zero-order chi connectivity index (χ0) is 13.3. The van der Waals surface area contributed by atoms with Crippen LogP contribution >= 0.6 is 0 Å². The Labute approximate surface area is 110 Å². The molecule has 1 aromatic carbocycles. The van der Waals surface area contributed by atoms with Crippen LogP contribution < -0.4 is 4.57 Å². The maximum atomic E-state index is 2.25. The molecule has 0 saturated carbocycles. The Balaban J connectivity index is 2.40. The molecule has 0 aliphatic heterocycles. The van der Waals surface area contributed by atoms with E-state index < -0.39 is 0 Å². The highest BCUT2D eigenvalue weighted by Gasteiger charge is 2.13. The van der Waals surface area contributed by atoms with E-state index in [2.05, 4.69) is 74.6 Å². The molecular weight excluding hydrogens is 220 g/mol. The number of imidazole rings is 1. The number of aryl methyl sites for hydroxylation is 3. The number of rotatable bonds is 3. The Morgan fingerprint density at radius 1 is 1.11 bits per heavy atom. The lowest BCUT2D eigenvalue weighted by molar-refractivity contribution is -0.701. The van der Waals surface area contributed by atoms with Crippen LogP contribution in [0.2, 0.25) is 0 Å². The van der Waals surface area contributed by atoms with Gasteiger partial charge in [0.2, 0.25) is 6.33 Å². The summed E-state index contributed by atoms with van der Waals surface area (Å²) in [6.07, 6.45) is 6.48. The summed E-state index contributed by atoms with van der Waals surface area (Å²) in [5.41, 5.74) is 5.30. The summed E-state index contributed by atoms with van der Waals surface area (Å²) >= 11 is 0. The second kappa shape index (κ2) is 4.97. The smallest absolute Gasteiger partial charge is 0.236 e. The lowest BCUT2D eigenvalue weighted by atomic mass is 10.1. The molecule has 96 valence electrons. The average Bonchev–Trinajstić information content (AvgIpc) is 2.63. The molecule has 2 aromatic rings. The van der Waals surface area contributed by atoms with Crippen LogP contribution in [-0.4, -0.2) is 4.57 Å². The van der Waals surface area contributed by atoms with E-state index in [1.54, 1.807) is 0 Å². The molecule has 0 aliphatic carbocycles. The normalized spacial score (nSPS) is 11.2. The lowest BCUT2D eigenvalue weighted by Crippen LogP contribution is -2.33. The number of benzene rings is 1. The third-order valence-electron chi connectivity index (χ3n) is 3.16. The highest BCUT2D eigenvalue weighted by molar-refractivity contribution is 5.48. The van der Waals surface area contributed by atoms with Gasteiger partial charge in [-0.05, 0) is 37.8 Å². The van der Waals surface area contributed by atoms with Gasteiger partial charge in [-0.1, -0.05) is 31.5 Å². The minimum Gasteiger partial charge on any atom is -0.236 e. The van der Waals surface area contributed by atoms with Crippen LogP contribution in [0.5, 0.6) is 0 Å². The van der Waals surface area contributed by atoms with Gasteiger partial charge >= 0.3 is 0 Å². The SMILES string of the molecule is Cc1cc(C)c(-n2cc[n+](CC(C)C)c2)c(C)c1. The van der Waals surface area contributed by atoms with Gasteiger partial charge in [0.05, 0.1) is 6.54 Å². The van der Waals surface area contributed by atoms with E-state index >= 15 is 0 Å². The quantitative estimate of drug-likeness (QED) is 0.731. The Morgan fingerprint density at radius 3 is 2.28 bits per heavy atom. The summed E-state index contributed by atoms with van der Waals surface area (Å²) in [4.78, 5) is 0. The van der Waals surface area contributed by atoms with Crippen LogP contribution in [0.25, 0.3) is 5.69 Å². The van der Waals surface area contributed by atoms with Crippen molar-refractivity contribution in [2.75, 3.05) is 0 Å².